The molecule has 0 N–H and O–H groups in total. The zero-order chi connectivity index (χ0) is 28.2. The minimum Gasteiger partial charge on any atom is -0.461 e. The van der Waals surface area contributed by atoms with Crippen LogP contribution in [-0.2, 0) is 26.6 Å². The molecule has 2 aliphatic rings. The summed E-state index contributed by atoms with van der Waals surface area (Å²) in [5, 5.41) is 2.42. The molecule has 4 rings (SSSR count). The molecule has 4 heteroatoms. The van der Waals surface area contributed by atoms with Gasteiger partial charge in [0, 0.05) is 35.6 Å². The second-order valence-corrected chi connectivity index (χ2v) is 12.5. The van der Waals surface area contributed by atoms with Crippen LogP contribution in [0.4, 0.5) is 0 Å². The van der Waals surface area contributed by atoms with Crippen LogP contribution in [0.15, 0.2) is 85.0 Å². The smallest absolute Gasteiger partial charge is 0.314 e. The van der Waals surface area contributed by atoms with Gasteiger partial charge in [0.25, 0.3) is 0 Å². The minimum absolute atomic E-state index is 0. The molecule has 0 atom stereocenters. The Labute approximate surface area is 256 Å². The summed E-state index contributed by atoms with van der Waals surface area (Å²) in [6.07, 6.45) is 17.0. The van der Waals surface area contributed by atoms with Crippen LogP contribution in [0.25, 0.3) is 0 Å². The number of carbonyl (C=O) groups is 1. The van der Waals surface area contributed by atoms with Gasteiger partial charge in [0.05, 0.1) is 0 Å². The van der Waals surface area contributed by atoms with Gasteiger partial charge in [0.2, 0.25) is 0 Å². The topological polar surface area (TPSA) is 26.3 Å². The largest absolute Gasteiger partial charge is 0.461 e. The van der Waals surface area contributed by atoms with Gasteiger partial charge in [-0.15, -0.1) is 0 Å². The van der Waals surface area contributed by atoms with E-state index in [-0.39, 0.29) is 29.1 Å². The van der Waals surface area contributed by atoms with Crippen molar-refractivity contribution in [2.45, 2.75) is 46.6 Å². The zero-order valence-electron chi connectivity index (χ0n) is 24.1. The normalized spacial score (nSPS) is 15.7. The second-order valence-electron chi connectivity index (χ2n) is 10.4. The van der Waals surface area contributed by atoms with E-state index >= 15 is 0 Å². The zero-order valence-corrected chi connectivity index (χ0v) is 26.1. The molecule has 0 aromatic heterocycles. The van der Waals surface area contributed by atoms with Crippen molar-refractivity contribution >= 4 is 24.5 Å². The van der Waals surface area contributed by atoms with Crippen LogP contribution in [0.3, 0.4) is 0 Å². The summed E-state index contributed by atoms with van der Waals surface area (Å²) in [7, 11) is -0.877. The predicted octanol–water partition coefficient (Wildman–Crippen LogP) is 7.99. The van der Waals surface area contributed by atoms with Gasteiger partial charge in [0.1, 0.15) is 12.0 Å². The fourth-order valence-electron chi connectivity index (χ4n) is 4.11. The van der Waals surface area contributed by atoms with Crippen molar-refractivity contribution in [3.05, 3.63) is 148 Å². The van der Waals surface area contributed by atoms with E-state index in [9.17, 15) is 4.79 Å². The molecular weight excluding hydrogens is 551 g/mol. The van der Waals surface area contributed by atoms with Gasteiger partial charge in [-0.25, -0.2) is 0 Å². The first-order chi connectivity index (χ1) is 18.8. The fraction of sp³-hybridized carbons (Fsp3) is 0.250. The summed E-state index contributed by atoms with van der Waals surface area (Å²) >= 11 is 0. The van der Waals surface area contributed by atoms with Crippen molar-refractivity contribution < 1.29 is 26.6 Å². The van der Waals surface area contributed by atoms with E-state index in [1.807, 2.05) is 57.1 Å². The molecule has 0 saturated heterocycles. The summed E-state index contributed by atoms with van der Waals surface area (Å²) in [5.74, 6) is 1.06. The van der Waals surface area contributed by atoms with E-state index in [1.165, 1.54) is 10.6 Å². The average molecular weight is 593 g/mol. The first kappa shape index (κ1) is 34.5. The van der Waals surface area contributed by atoms with Crippen molar-refractivity contribution in [2.24, 2.45) is 11.8 Å². The van der Waals surface area contributed by atoms with Crippen LogP contribution in [0.2, 0.25) is 0 Å². The van der Waals surface area contributed by atoms with Crippen LogP contribution < -0.4 is 10.6 Å². The second kappa shape index (κ2) is 18.0. The molecule has 2 aromatic rings. The van der Waals surface area contributed by atoms with Crippen LogP contribution in [-0.4, -0.2) is 12.1 Å². The maximum absolute atomic E-state index is 13.5. The Balaban J connectivity index is 0.000000840. The first-order valence-corrected chi connectivity index (χ1v) is 15.0. The molecule has 0 aliphatic heterocycles. The Morgan fingerprint density at radius 3 is 1.52 bits per heavy atom. The molecule has 0 spiro atoms. The van der Waals surface area contributed by atoms with E-state index < -0.39 is 7.92 Å². The van der Waals surface area contributed by atoms with E-state index in [0.29, 0.717) is 30.6 Å². The Bertz CT molecular complexity index is 960. The summed E-state index contributed by atoms with van der Waals surface area (Å²) in [5.41, 5.74) is 3.21. The van der Waals surface area contributed by atoms with Crippen molar-refractivity contribution in [1.29, 1.82) is 0 Å². The predicted molar refractivity (Wildman–Crippen MR) is 167 cm³/mol. The molecule has 10 radical (unpaired) electrons. The molecule has 2 nitrogen and oxygen atoms in total. The van der Waals surface area contributed by atoms with E-state index in [2.05, 4.69) is 95.8 Å². The molecule has 2 fully saturated rings. The van der Waals surface area contributed by atoms with Crippen molar-refractivity contribution in [3.8, 4) is 0 Å². The van der Waals surface area contributed by atoms with Gasteiger partial charge < -0.3 is 4.74 Å². The molecule has 2 aromatic carbocycles. The van der Waals surface area contributed by atoms with Crippen LogP contribution in [0, 0.1) is 74.8 Å². The van der Waals surface area contributed by atoms with Crippen LogP contribution in [0.5, 0.6) is 0 Å². The number of esters is 1. The van der Waals surface area contributed by atoms with Crippen molar-refractivity contribution in [1.82, 2.24) is 0 Å². The number of hydrogen-bond acceptors (Lipinski definition) is 2. The molecule has 2 aliphatic carbocycles. The maximum Gasteiger partial charge on any atom is 0.314 e. The summed E-state index contributed by atoms with van der Waals surface area (Å²) in [6, 6.07) is 20.8. The van der Waals surface area contributed by atoms with Gasteiger partial charge in [0.15, 0.2) is 0 Å². The molecule has 40 heavy (non-hydrogen) atoms. The monoisotopic (exact) mass is 592 g/mol. The van der Waals surface area contributed by atoms with E-state index in [0.717, 1.165) is 16.8 Å². The van der Waals surface area contributed by atoms with E-state index in [4.69, 9.17) is 4.74 Å². The minimum atomic E-state index is -0.877. The maximum atomic E-state index is 13.5. The quantitative estimate of drug-likeness (QED) is 0.114. The Morgan fingerprint density at radius 2 is 1.12 bits per heavy atom. The van der Waals surface area contributed by atoms with Gasteiger partial charge >= 0.3 is 5.97 Å². The molecule has 0 amide bonds. The van der Waals surface area contributed by atoms with E-state index in [1.54, 1.807) is 0 Å². The fourth-order valence-corrected chi connectivity index (χ4v) is 6.54. The molecule has 210 valence electrons. The molecule has 2 saturated carbocycles. The Morgan fingerprint density at radius 1 is 0.700 bits per heavy atom. The van der Waals surface area contributed by atoms with Gasteiger partial charge in [-0.2, -0.15) is 0 Å². The number of rotatable bonds is 11. The van der Waals surface area contributed by atoms with Crippen molar-refractivity contribution in [3.63, 3.8) is 0 Å². The standard InChI is InChI=1S/C31H36O2P.C5H5.Fe/c1-22(2)24(5)20-26(21-25(6)23(3)4)33-31(32)29-18-13-19-30(29)34(27-14-9-7-10-15-27)28-16-11-8-12-17-28;1-2-4-5-3-1;/h7-19,22-23,26H,5-6,20-21H2,1-4H3;1-5H;. The number of benzene rings is 2. The third-order valence-corrected chi connectivity index (χ3v) is 9.23. The van der Waals surface area contributed by atoms with Crippen molar-refractivity contribution in [2.75, 3.05) is 0 Å². The summed E-state index contributed by atoms with van der Waals surface area (Å²) in [4.78, 5) is 13.5. The van der Waals surface area contributed by atoms with Crippen LogP contribution >= 0.6 is 7.92 Å². The molecule has 0 heterocycles. The number of hydrogen-bond donors (Lipinski definition) is 0. The van der Waals surface area contributed by atoms with Gasteiger partial charge in [-0.05, 0) is 81.7 Å². The van der Waals surface area contributed by atoms with Crippen LogP contribution in [0.1, 0.15) is 40.5 Å². The molecule has 0 bridgehead atoms. The Kier molecular flexibility index (Phi) is 15.5. The first-order valence-electron chi connectivity index (χ1n) is 13.7. The summed E-state index contributed by atoms with van der Waals surface area (Å²) in [6.45, 7) is 16.9. The SMILES string of the molecule is C=C(CC(CC(=C)C(C)C)OC(=O)[C]1[CH][CH][CH][C]1P(c1ccccc1)c1ccccc1)C(C)C.[CH]1[CH][CH][CH][CH]1.[Fe]. The van der Waals surface area contributed by atoms with Gasteiger partial charge in [-0.1, -0.05) is 113 Å². The third kappa shape index (κ3) is 10.6. The third-order valence-electron chi connectivity index (χ3n) is 6.72. The van der Waals surface area contributed by atoms with Gasteiger partial charge in [-0.3, -0.25) is 4.79 Å². The Hall–Kier alpha value is -1.66. The average Bonchev–Trinajstić information content (AvgIpc) is 3.66. The number of ether oxygens (including phenoxy) is 1. The molecular formula is C36H41FeO2P. The number of carbonyl (C=O) groups excluding carboxylic acids is 1. The summed E-state index contributed by atoms with van der Waals surface area (Å²) < 4.78 is 6.15. The molecule has 0 unspecified atom stereocenters.